The first-order valence-electron chi connectivity index (χ1n) is 11.1. The molecule has 4 atom stereocenters. The summed E-state index contributed by atoms with van der Waals surface area (Å²) in [5.74, 6) is 1.59. The van der Waals surface area contributed by atoms with Gasteiger partial charge in [0.2, 0.25) is 0 Å². The molecule has 2 N–H and O–H groups in total. The molecule has 1 aromatic carbocycles. The molecule has 2 aliphatic heterocycles. The summed E-state index contributed by atoms with van der Waals surface area (Å²) in [5.41, 5.74) is 1.47. The van der Waals surface area contributed by atoms with Crippen molar-refractivity contribution in [2.45, 2.75) is 57.2 Å². The van der Waals surface area contributed by atoms with Crippen LogP contribution in [0.15, 0.2) is 30.3 Å². The van der Waals surface area contributed by atoms with Crippen LogP contribution in [0.1, 0.15) is 50.6 Å². The summed E-state index contributed by atoms with van der Waals surface area (Å²) in [7, 11) is 0. The Bertz CT molecular complexity index is 558. The Morgan fingerprint density at radius 2 is 1.93 bits per heavy atom. The average molecular weight is 408 g/mol. The molecule has 28 heavy (non-hydrogen) atoms. The quantitative estimate of drug-likeness (QED) is 0.755. The molecule has 3 fully saturated rings. The fourth-order valence-electron chi connectivity index (χ4n) is 5.32. The van der Waals surface area contributed by atoms with E-state index in [1.54, 1.807) is 0 Å². The summed E-state index contributed by atoms with van der Waals surface area (Å²) in [6.07, 6.45) is 6.65. The molecule has 4 nitrogen and oxygen atoms in total. The topological polar surface area (TPSA) is 36.5 Å². The van der Waals surface area contributed by atoms with Gasteiger partial charge in [0.05, 0.1) is 13.2 Å². The van der Waals surface area contributed by atoms with E-state index in [-0.39, 0.29) is 12.4 Å². The van der Waals surface area contributed by atoms with Crippen LogP contribution in [0.5, 0.6) is 0 Å². The zero-order valence-electron chi connectivity index (χ0n) is 17.3. The van der Waals surface area contributed by atoms with Gasteiger partial charge in [-0.15, -0.1) is 12.4 Å². The van der Waals surface area contributed by atoms with Gasteiger partial charge in [-0.05, 0) is 56.2 Å². The third-order valence-electron chi connectivity index (χ3n) is 7.05. The summed E-state index contributed by atoms with van der Waals surface area (Å²) < 4.78 is 5.74. The number of nitrogens with one attached hydrogen (secondary N) is 2. The van der Waals surface area contributed by atoms with Crippen molar-refractivity contribution in [1.82, 2.24) is 15.5 Å². The molecule has 4 rings (SSSR count). The number of hydrogen-bond donors (Lipinski definition) is 2. The van der Waals surface area contributed by atoms with Gasteiger partial charge in [0.15, 0.2) is 0 Å². The SMILES string of the molecule is CC1CCN(C(CNC2CCCC2C2COCCN2)c2ccccc2)CC1.Cl. The van der Waals surface area contributed by atoms with Crippen LogP contribution in [0.3, 0.4) is 0 Å². The van der Waals surface area contributed by atoms with Crippen molar-refractivity contribution < 1.29 is 4.74 Å². The molecule has 2 saturated heterocycles. The molecule has 1 saturated carbocycles. The highest BCUT2D eigenvalue weighted by atomic mass is 35.5. The maximum Gasteiger partial charge on any atom is 0.0623 e. The van der Waals surface area contributed by atoms with Gasteiger partial charge in [0.1, 0.15) is 0 Å². The third-order valence-corrected chi connectivity index (χ3v) is 7.05. The number of nitrogens with zero attached hydrogens (tertiary/aromatic N) is 1. The molecule has 1 aromatic rings. The average Bonchev–Trinajstić information content (AvgIpc) is 3.19. The van der Waals surface area contributed by atoms with Gasteiger partial charge in [-0.1, -0.05) is 43.7 Å². The van der Waals surface area contributed by atoms with Crippen molar-refractivity contribution in [2.75, 3.05) is 39.4 Å². The van der Waals surface area contributed by atoms with Crippen molar-refractivity contribution in [1.29, 1.82) is 0 Å². The molecule has 0 radical (unpaired) electrons. The van der Waals surface area contributed by atoms with Crippen molar-refractivity contribution in [2.24, 2.45) is 11.8 Å². The van der Waals surface area contributed by atoms with Gasteiger partial charge in [-0.2, -0.15) is 0 Å². The molecule has 0 spiro atoms. The predicted octanol–water partition coefficient (Wildman–Crippen LogP) is 3.63. The zero-order valence-corrected chi connectivity index (χ0v) is 18.1. The first-order valence-corrected chi connectivity index (χ1v) is 11.1. The van der Waals surface area contributed by atoms with Crippen molar-refractivity contribution in [3.05, 3.63) is 35.9 Å². The molecule has 3 aliphatic rings. The molecule has 5 heteroatoms. The number of likely N-dealkylation sites (tertiary alicyclic amines) is 1. The van der Waals surface area contributed by atoms with Gasteiger partial charge in [-0.3, -0.25) is 4.90 Å². The van der Waals surface area contributed by atoms with Crippen molar-refractivity contribution in [3.63, 3.8) is 0 Å². The van der Waals surface area contributed by atoms with E-state index in [1.807, 2.05) is 0 Å². The lowest BCUT2D eigenvalue weighted by Gasteiger charge is -2.39. The van der Waals surface area contributed by atoms with Crippen LogP contribution in [0.25, 0.3) is 0 Å². The maximum atomic E-state index is 5.74. The number of piperidine rings is 1. The fraction of sp³-hybridized carbons (Fsp3) is 0.739. The Labute approximate surface area is 177 Å². The highest BCUT2D eigenvalue weighted by Crippen LogP contribution is 2.31. The van der Waals surface area contributed by atoms with Gasteiger partial charge in [0, 0.05) is 31.2 Å². The number of benzene rings is 1. The molecule has 1 aliphatic carbocycles. The molecular weight excluding hydrogens is 370 g/mol. The second-order valence-electron chi connectivity index (χ2n) is 8.89. The first kappa shape index (κ1) is 22.0. The van der Waals surface area contributed by atoms with Crippen LogP contribution in [0.4, 0.5) is 0 Å². The second kappa shape index (κ2) is 10.9. The standard InChI is InChI=1S/C23H37N3O.ClH/c1-18-10-13-26(14-11-18)23(19-6-3-2-4-7-19)16-25-21-9-5-8-20(21)22-17-27-15-12-24-22;/h2-4,6-7,18,20-25H,5,8-17H2,1H3;1H. The van der Waals surface area contributed by atoms with E-state index in [9.17, 15) is 0 Å². The van der Waals surface area contributed by atoms with E-state index in [4.69, 9.17) is 4.74 Å². The van der Waals surface area contributed by atoms with E-state index in [0.717, 1.165) is 32.2 Å². The normalized spacial score (nSPS) is 30.7. The van der Waals surface area contributed by atoms with Gasteiger partial charge in [-0.25, -0.2) is 0 Å². The van der Waals surface area contributed by atoms with E-state index in [2.05, 4.69) is 52.8 Å². The molecular formula is C23H38ClN3O. The second-order valence-corrected chi connectivity index (χ2v) is 8.89. The molecule has 2 heterocycles. The van der Waals surface area contributed by atoms with Crippen LogP contribution >= 0.6 is 12.4 Å². The predicted molar refractivity (Wildman–Crippen MR) is 118 cm³/mol. The molecule has 0 amide bonds. The van der Waals surface area contributed by atoms with Crippen LogP contribution in [-0.4, -0.2) is 56.4 Å². The summed E-state index contributed by atoms with van der Waals surface area (Å²) >= 11 is 0. The summed E-state index contributed by atoms with van der Waals surface area (Å²) in [4.78, 5) is 2.72. The summed E-state index contributed by atoms with van der Waals surface area (Å²) in [6.45, 7) is 8.68. The Morgan fingerprint density at radius 1 is 1.14 bits per heavy atom. The Balaban J connectivity index is 0.00000225. The minimum absolute atomic E-state index is 0. The van der Waals surface area contributed by atoms with Crippen LogP contribution in [0, 0.1) is 11.8 Å². The van der Waals surface area contributed by atoms with Crippen molar-refractivity contribution in [3.8, 4) is 0 Å². The van der Waals surface area contributed by atoms with Crippen LogP contribution in [-0.2, 0) is 4.74 Å². The number of morpholine rings is 1. The monoisotopic (exact) mass is 407 g/mol. The minimum atomic E-state index is 0. The Kier molecular flexibility index (Phi) is 8.61. The van der Waals surface area contributed by atoms with Crippen LogP contribution < -0.4 is 10.6 Å². The third kappa shape index (κ3) is 5.48. The highest BCUT2D eigenvalue weighted by molar-refractivity contribution is 5.85. The Hall–Kier alpha value is -0.650. The van der Waals surface area contributed by atoms with Crippen LogP contribution in [0.2, 0.25) is 0 Å². The van der Waals surface area contributed by atoms with Gasteiger partial charge >= 0.3 is 0 Å². The lowest BCUT2D eigenvalue weighted by atomic mass is 9.93. The first-order chi connectivity index (χ1) is 13.3. The summed E-state index contributed by atoms with van der Waals surface area (Å²) in [5, 5.41) is 7.70. The van der Waals surface area contributed by atoms with E-state index < -0.39 is 0 Å². The van der Waals surface area contributed by atoms with E-state index in [0.29, 0.717) is 24.0 Å². The van der Waals surface area contributed by atoms with E-state index in [1.165, 1.54) is 50.8 Å². The molecule has 0 aromatic heterocycles. The fourth-order valence-corrected chi connectivity index (χ4v) is 5.32. The number of ether oxygens (including phenoxy) is 1. The number of rotatable bonds is 6. The van der Waals surface area contributed by atoms with E-state index >= 15 is 0 Å². The van der Waals surface area contributed by atoms with Gasteiger partial charge in [0.25, 0.3) is 0 Å². The lowest BCUT2D eigenvalue weighted by molar-refractivity contribution is 0.0514. The molecule has 4 unspecified atom stereocenters. The molecule has 0 bridgehead atoms. The smallest absolute Gasteiger partial charge is 0.0623 e. The highest BCUT2D eigenvalue weighted by Gasteiger charge is 2.35. The largest absolute Gasteiger partial charge is 0.379 e. The number of hydrogen-bond acceptors (Lipinski definition) is 4. The Morgan fingerprint density at radius 3 is 2.64 bits per heavy atom. The van der Waals surface area contributed by atoms with Gasteiger partial charge < -0.3 is 15.4 Å². The van der Waals surface area contributed by atoms with Crippen molar-refractivity contribution >= 4 is 12.4 Å². The number of halogens is 1. The minimum Gasteiger partial charge on any atom is -0.379 e. The maximum absolute atomic E-state index is 5.74. The zero-order chi connectivity index (χ0) is 18.5. The molecule has 158 valence electrons. The summed E-state index contributed by atoms with van der Waals surface area (Å²) in [6, 6.07) is 12.8. The lowest BCUT2D eigenvalue weighted by Crippen LogP contribution is -2.52.